The fourth-order valence-corrected chi connectivity index (χ4v) is 3.09. The van der Waals surface area contributed by atoms with Crippen molar-refractivity contribution in [3.63, 3.8) is 0 Å². The maximum absolute atomic E-state index is 12.0. The van der Waals surface area contributed by atoms with E-state index in [2.05, 4.69) is 34.8 Å². The Morgan fingerprint density at radius 2 is 1.76 bits per heavy atom. The second-order valence-corrected chi connectivity index (χ2v) is 8.44. The molecule has 1 aromatic carbocycles. The van der Waals surface area contributed by atoms with Gasteiger partial charge in [0.2, 0.25) is 12.3 Å². The first-order chi connectivity index (χ1) is 15.9. The molecule has 8 nitrogen and oxygen atoms in total. The van der Waals surface area contributed by atoms with Crippen LogP contribution < -0.4 is 11.1 Å². The van der Waals surface area contributed by atoms with Gasteiger partial charge in [0.25, 0.3) is 0 Å². The number of carbonyl (C=O) groups excluding carboxylic acids is 3. The first kappa shape index (κ1) is 30.7. The summed E-state index contributed by atoms with van der Waals surface area (Å²) in [4.78, 5) is 35.1. The summed E-state index contributed by atoms with van der Waals surface area (Å²) in [6.45, 7) is 11.7. The van der Waals surface area contributed by atoms with Crippen LogP contribution in [0.3, 0.4) is 0 Å². The summed E-state index contributed by atoms with van der Waals surface area (Å²) < 4.78 is 5.65. The fourth-order valence-electron chi connectivity index (χ4n) is 3.09. The van der Waals surface area contributed by atoms with E-state index in [0.717, 1.165) is 44.4 Å². The molecule has 3 N–H and O–H groups in total. The van der Waals surface area contributed by atoms with Gasteiger partial charge in [-0.1, -0.05) is 57.0 Å². The van der Waals surface area contributed by atoms with Gasteiger partial charge < -0.3 is 25.5 Å². The van der Waals surface area contributed by atoms with Crippen molar-refractivity contribution in [3.05, 3.63) is 35.9 Å². The monoisotopic (exact) mass is 464 g/mol. The lowest BCUT2D eigenvalue weighted by Crippen LogP contribution is -2.49. The zero-order valence-corrected chi connectivity index (χ0v) is 20.9. The maximum atomic E-state index is 12.0. The minimum absolute atomic E-state index is 0.0312. The zero-order valence-electron chi connectivity index (χ0n) is 20.9. The van der Waals surface area contributed by atoms with Crippen LogP contribution in [0.25, 0.3) is 0 Å². The summed E-state index contributed by atoms with van der Waals surface area (Å²) in [7, 11) is 2.11. The number of hydrogen-bond donors (Lipinski definition) is 2. The number of aldehydes is 1. The van der Waals surface area contributed by atoms with E-state index in [4.69, 9.17) is 9.53 Å². The minimum atomic E-state index is 0.0312. The second-order valence-electron chi connectivity index (χ2n) is 8.44. The maximum Gasteiger partial charge on any atom is 0.234 e. The number of ether oxygens (including phenoxy) is 1. The van der Waals surface area contributed by atoms with Gasteiger partial charge in [0.15, 0.2) is 0 Å². The van der Waals surface area contributed by atoms with Crippen LogP contribution in [0.15, 0.2) is 30.3 Å². The molecular formula is C25H44N4O4. The van der Waals surface area contributed by atoms with E-state index in [0.29, 0.717) is 19.8 Å². The number of unbranched alkanes of at least 4 members (excludes halogenated alkanes) is 1. The minimum Gasteiger partial charge on any atom is -0.375 e. The quantitative estimate of drug-likeness (QED) is 0.486. The number of primary amides is 1. The van der Waals surface area contributed by atoms with Crippen molar-refractivity contribution in [1.29, 1.82) is 0 Å². The SMILES string of the molecule is CCCCC(C)C=O.C[C@H](COCc1ccccc1)NC(=O)CN1CCN(C)CC1.NC=O. The lowest BCUT2D eigenvalue weighted by molar-refractivity contribution is -0.123. The van der Waals surface area contributed by atoms with Crippen LogP contribution in [0.2, 0.25) is 0 Å². The molecule has 8 heteroatoms. The number of likely N-dealkylation sites (N-methyl/N-ethyl adjacent to an activating group) is 1. The van der Waals surface area contributed by atoms with Crippen LogP contribution in [0.4, 0.5) is 0 Å². The number of nitrogens with two attached hydrogens (primary N) is 1. The molecule has 1 aromatic rings. The molecule has 188 valence electrons. The molecule has 1 heterocycles. The Morgan fingerprint density at radius 3 is 2.30 bits per heavy atom. The van der Waals surface area contributed by atoms with E-state index >= 15 is 0 Å². The normalized spacial score (nSPS) is 15.6. The highest BCUT2D eigenvalue weighted by atomic mass is 16.5. The fraction of sp³-hybridized carbons (Fsp3) is 0.640. The molecule has 2 rings (SSSR count). The third-order valence-corrected chi connectivity index (χ3v) is 5.10. The topological polar surface area (TPSA) is 105 Å². The van der Waals surface area contributed by atoms with E-state index in [-0.39, 0.29) is 24.3 Å². The summed E-state index contributed by atoms with van der Waals surface area (Å²) in [6.07, 6.45) is 4.70. The predicted octanol–water partition coefficient (Wildman–Crippen LogP) is 2.07. The molecule has 0 aromatic heterocycles. The van der Waals surface area contributed by atoms with E-state index in [1.54, 1.807) is 0 Å². The predicted molar refractivity (Wildman–Crippen MR) is 133 cm³/mol. The largest absolute Gasteiger partial charge is 0.375 e. The molecule has 1 saturated heterocycles. The first-order valence-corrected chi connectivity index (χ1v) is 11.8. The Balaban J connectivity index is 0.000000780. The van der Waals surface area contributed by atoms with E-state index < -0.39 is 0 Å². The Bertz CT molecular complexity index is 622. The summed E-state index contributed by atoms with van der Waals surface area (Å²) in [5, 5.41) is 3.01. The van der Waals surface area contributed by atoms with Crippen LogP contribution in [-0.2, 0) is 25.7 Å². The highest BCUT2D eigenvalue weighted by Crippen LogP contribution is 2.03. The number of carbonyl (C=O) groups is 3. The molecular weight excluding hydrogens is 420 g/mol. The third-order valence-electron chi connectivity index (χ3n) is 5.10. The van der Waals surface area contributed by atoms with Gasteiger partial charge in [-0.05, 0) is 26.0 Å². The van der Waals surface area contributed by atoms with Crippen LogP contribution in [-0.4, -0.2) is 80.8 Å². The van der Waals surface area contributed by atoms with Gasteiger partial charge in [0.1, 0.15) is 6.29 Å². The molecule has 0 spiro atoms. The number of hydrogen-bond acceptors (Lipinski definition) is 6. The van der Waals surface area contributed by atoms with Crippen LogP contribution in [0, 0.1) is 5.92 Å². The Labute approximate surface area is 199 Å². The van der Waals surface area contributed by atoms with E-state index in [1.807, 2.05) is 44.2 Å². The molecule has 2 amide bonds. The summed E-state index contributed by atoms with van der Waals surface area (Å²) >= 11 is 0. The molecule has 1 aliphatic rings. The smallest absolute Gasteiger partial charge is 0.234 e. The molecule has 1 aliphatic heterocycles. The van der Waals surface area contributed by atoms with Gasteiger partial charge in [-0.15, -0.1) is 0 Å². The van der Waals surface area contributed by atoms with E-state index in [1.165, 1.54) is 12.8 Å². The Kier molecular flexibility index (Phi) is 18.9. The molecule has 0 saturated carbocycles. The second kappa shape index (κ2) is 20.3. The number of rotatable bonds is 11. The van der Waals surface area contributed by atoms with Crippen LogP contribution in [0.5, 0.6) is 0 Å². The van der Waals surface area contributed by atoms with Crippen molar-refractivity contribution in [2.45, 2.75) is 52.7 Å². The molecule has 2 atom stereocenters. The molecule has 1 fully saturated rings. The highest BCUT2D eigenvalue weighted by molar-refractivity contribution is 5.78. The van der Waals surface area contributed by atoms with E-state index in [9.17, 15) is 9.59 Å². The van der Waals surface area contributed by atoms with Crippen molar-refractivity contribution in [1.82, 2.24) is 15.1 Å². The zero-order chi connectivity index (χ0) is 24.9. The highest BCUT2D eigenvalue weighted by Gasteiger charge is 2.17. The lowest BCUT2D eigenvalue weighted by Gasteiger charge is -2.32. The molecule has 0 aliphatic carbocycles. The number of benzene rings is 1. The van der Waals surface area contributed by atoms with Gasteiger partial charge in [0.05, 0.1) is 19.8 Å². The summed E-state index contributed by atoms with van der Waals surface area (Å²) in [5.41, 5.74) is 5.32. The van der Waals surface area contributed by atoms with Gasteiger partial charge in [-0.25, -0.2) is 0 Å². The number of nitrogens with one attached hydrogen (secondary N) is 1. The number of amides is 2. The van der Waals surface area contributed by atoms with Crippen LogP contribution >= 0.6 is 0 Å². The number of piperazine rings is 1. The van der Waals surface area contributed by atoms with Crippen molar-refractivity contribution in [3.8, 4) is 0 Å². The average molecular weight is 465 g/mol. The summed E-state index contributed by atoms with van der Waals surface area (Å²) in [6, 6.07) is 10.1. The van der Waals surface area contributed by atoms with Crippen molar-refractivity contribution < 1.29 is 19.1 Å². The molecule has 0 radical (unpaired) electrons. The Morgan fingerprint density at radius 1 is 1.15 bits per heavy atom. The Hall–Kier alpha value is -2.29. The van der Waals surface area contributed by atoms with Crippen molar-refractivity contribution in [2.75, 3.05) is 46.4 Å². The third kappa shape index (κ3) is 17.9. The first-order valence-electron chi connectivity index (χ1n) is 11.8. The standard InChI is InChI=1S/C17H27N3O2.C7H14O.CH3NO/c1-15(13-22-14-16-6-4-3-5-7-16)18-17(21)12-20-10-8-19(2)9-11-20;1-3-4-5-7(2)6-8;2-1-3/h3-7,15H,8-14H2,1-2H3,(H,18,21);6-7H,3-5H2,1-2H3;1H,(H2,2,3)/t15-;;/m1../s1. The van der Waals surface area contributed by atoms with Gasteiger partial charge >= 0.3 is 0 Å². The van der Waals surface area contributed by atoms with Crippen molar-refractivity contribution in [2.24, 2.45) is 11.7 Å². The molecule has 1 unspecified atom stereocenters. The molecule has 33 heavy (non-hydrogen) atoms. The van der Waals surface area contributed by atoms with Gasteiger partial charge in [-0.2, -0.15) is 0 Å². The summed E-state index contributed by atoms with van der Waals surface area (Å²) in [5.74, 6) is 0.357. The number of nitrogens with zero attached hydrogens (tertiary/aromatic N) is 2. The van der Waals surface area contributed by atoms with Gasteiger partial charge in [-0.3, -0.25) is 14.5 Å². The average Bonchev–Trinajstić information content (AvgIpc) is 2.80. The van der Waals surface area contributed by atoms with Crippen molar-refractivity contribution >= 4 is 18.6 Å². The molecule has 0 bridgehead atoms. The lowest BCUT2D eigenvalue weighted by atomic mass is 10.1. The van der Waals surface area contributed by atoms with Crippen LogP contribution in [0.1, 0.15) is 45.6 Å². The van der Waals surface area contributed by atoms with Gasteiger partial charge in [0, 0.05) is 38.1 Å².